The van der Waals surface area contributed by atoms with Crippen LogP contribution in [-0.4, -0.2) is 42.6 Å². The van der Waals surface area contributed by atoms with Gasteiger partial charge in [-0.1, -0.05) is 11.3 Å². The number of nitrogens with one attached hydrogen (secondary N) is 1. The Hall–Kier alpha value is -0.770. The lowest BCUT2D eigenvalue weighted by molar-refractivity contribution is -0.117. The van der Waals surface area contributed by atoms with Crippen molar-refractivity contribution in [3.05, 3.63) is 5.01 Å². The van der Waals surface area contributed by atoms with Crippen LogP contribution in [0.4, 0.5) is 5.13 Å². The molecule has 4 aliphatic rings. The lowest BCUT2D eigenvalue weighted by Gasteiger charge is -2.55. The highest BCUT2D eigenvalue weighted by Crippen LogP contribution is 2.61. The molecule has 4 aliphatic carbocycles. The molecule has 1 unspecified atom stereocenters. The third-order valence-corrected chi connectivity index (χ3v) is 8.35. The first-order chi connectivity index (χ1) is 12.2. The quantitative estimate of drug-likeness (QED) is 0.708. The number of sulfone groups is 1. The van der Waals surface area contributed by atoms with Crippen LogP contribution in [0.25, 0.3) is 0 Å². The molecule has 152 valence electrons. The lowest BCUT2D eigenvalue weighted by atomic mass is 9.50. The predicted molar refractivity (Wildman–Crippen MR) is 108 cm³/mol. The molecule has 10 heteroatoms. The van der Waals surface area contributed by atoms with Gasteiger partial charge in [0.1, 0.15) is 14.8 Å². The monoisotopic (exact) mass is 434 g/mol. The van der Waals surface area contributed by atoms with Crippen LogP contribution >= 0.6 is 23.7 Å². The maximum Gasteiger partial charge on any atom is 0.243 e. The maximum absolute atomic E-state index is 12.2. The highest BCUT2D eigenvalue weighted by molar-refractivity contribution is 7.90. The average molecular weight is 435 g/mol. The third-order valence-electron chi connectivity index (χ3n) is 6.28. The second-order valence-electron chi connectivity index (χ2n) is 8.62. The summed E-state index contributed by atoms with van der Waals surface area (Å²) < 4.78 is 22.4. The second kappa shape index (κ2) is 7.57. The number of hydrogen-bond acceptors (Lipinski definition) is 7. The van der Waals surface area contributed by atoms with Gasteiger partial charge in [0.15, 0.2) is 0 Å². The van der Waals surface area contributed by atoms with Gasteiger partial charge in [0.05, 0.1) is 11.8 Å². The molecule has 0 aromatic carbocycles. The highest BCUT2D eigenvalue weighted by atomic mass is 35.5. The first-order valence-corrected chi connectivity index (χ1v) is 12.2. The predicted octanol–water partition coefficient (Wildman–Crippen LogP) is 2.13. The first-order valence-electron chi connectivity index (χ1n) is 9.30. The number of anilines is 1. The summed E-state index contributed by atoms with van der Waals surface area (Å²) in [5, 5.41) is 12.8. The van der Waals surface area contributed by atoms with Crippen molar-refractivity contribution in [2.24, 2.45) is 23.5 Å². The van der Waals surface area contributed by atoms with Crippen molar-refractivity contribution in [2.75, 3.05) is 17.3 Å². The van der Waals surface area contributed by atoms with Gasteiger partial charge in [0.25, 0.3) is 0 Å². The Morgan fingerprint density at radius 1 is 1.22 bits per heavy atom. The van der Waals surface area contributed by atoms with Gasteiger partial charge in [-0.05, 0) is 62.7 Å². The molecule has 4 saturated carbocycles. The number of carbonyl (C=O) groups excluding carboxylic acids is 1. The largest absolute Gasteiger partial charge is 0.320 e. The number of nitrogens with two attached hydrogens (primary N) is 1. The van der Waals surface area contributed by atoms with E-state index in [0.717, 1.165) is 29.0 Å². The molecule has 0 radical (unpaired) electrons. The Morgan fingerprint density at radius 2 is 1.78 bits per heavy atom. The van der Waals surface area contributed by atoms with Gasteiger partial charge >= 0.3 is 0 Å². The minimum atomic E-state index is -3.13. The average Bonchev–Trinajstić information content (AvgIpc) is 3.00. The van der Waals surface area contributed by atoms with Gasteiger partial charge < -0.3 is 5.73 Å². The minimum Gasteiger partial charge on any atom is -0.320 e. The van der Waals surface area contributed by atoms with Gasteiger partial charge in [-0.2, -0.15) is 0 Å². The molecule has 5 rings (SSSR count). The number of halogens is 1. The summed E-state index contributed by atoms with van der Waals surface area (Å²) in [6, 6.07) is -0.864. The van der Waals surface area contributed by atoms with Crippen LogP contribution in [0.15, 0.2) is 0 Å². The summed E-state index contributed by atoms with van der Waals surface area (Å²) in [6.45, 7) is 0. The molecule has 7 nitrogen and oxygen atoms in total. The van der Waals surface area contributed by atoms with E-state index in [1.54, 1.807) is 0 Å². The third kappa shape index (κ3) is 4.46. The molecule has 1 heterocycles. The zero-order chi connectivity index (χ0) is 18.5. The zero-order valence-electron chi connectivity index (χ0n) is 15.4. The Bertz CT molecular complexity index is 776. The van der Waals surface area contributed by atoms with E-state index in [4.69, 9.17) is 5.73 Å². The van der Waals surface area contributed by atoms with Gasteiger partial charge in [-0.3, -0.25) is 10.1 Å². The Labute approximate surface area is 170 Å². The van der Waals surface area contributed by atoms with E-state index in [0.29, 0.717) is 5.13 Å². The molecule has 4 bridgehead atoms. The minimum absolute atomic E-state index is 0. The summed E-state index contributed by atoms with van der Waals surface area (Å²) in [7, 11) is -3.13. The molecule has 1 aromatic rings. The van der Waals surface area contributed by atoms with E-state index in [1.807, 2.05) is 0 Å². The molecule has 0 spiro atoms. The lowest BCUT2D eigenvalue weighted by Crippen LogP contribution is -2.48. The molecule has 4 fully saturated rings. The van der Waals surface area contributed by atoms with Crippen LogP contribution in [0.2, 0.25) is 0 Å². The van der Waals surface area contributed by atoms with Crippen LogP contribution in [0.1, 0.15) is 50.0 Å². The van der Waals surface area contributed by atoms with E-state index in [9.17, 15) is 13.2 Å². The van der Waals surface area contributed by atoms with Gasteiger partial charge in [0, 0.05) is 11.7 Å². The summed E-state index contributed by atoms with van der Waals surface area (Å²) in [5.41, 5.74) is 5.97. The van der Waals surface area contributed by atoms with E-state index >= 15 is 0 Å². The van der Waals surface area contributed by atoms with E-state index in [2.05, 4.69) is 15.5 Å². The van der Waals surface area contributed by atoms with Gasteiger partial charge in [0.2, 0.25) is 11.0 Å². The Balaban J connectivity index is 0.00000210. The zero-order valence-corrected chi connectivity index (χ0v) is 17.8. The number of amides is 1. The molecular weight excluding hydrogens is 408 g/mol. The van der Waals surface area contributed by atoms with Crippen LogP contribution in [0, 0.1) is 17.8 Å². The fourth-order valence-electron chi connectivity index (χ4n) is 5.53. The summed E-state index contributed by atoms with van der Waals surface area (Å²) in [5.74, 6) is 1.98. The van der Waals surface area contributed by atoms with Crippen LogP contribution in [0.3, 0.4) is 0 Å². The molecule has 1 amide bonds. The number of rotatable bonds is 6. The fraction of sp³-hybridized carbons (Fsp3) is 0.824. The number of carbonyl (C=O) groups is 1. The standard InChI is InChI=1S/C17H26N4O3S2.ClH/c1-26(23,24)3-2-13(18)14(22)19-16-21-20-15(25-16)17-7-10-4-11(8-17)6-12(5-10)9-17;/h10-13H,2-9,18H2,1H3,(H,19,21,22);1H. The molecular formula is C17H27ClN4O3S2. The van der Waals surface area contributed by atoms with Crippen molar-refractivity contribution in [1.29, 1.82) is 0 Å². The van der Waals surface area contributed by atoms with Crippen LogP contribution in [-0.2, 0) is 20.0 Å². The van der Waals surface area contributed by atoms with Crippen molar-refractivity contribution in [3.8, 4) is 0 Å². The van der Waals surface area contributed by atoms with Crippen molar-refractivity contribution in [3.63, 3.8) is 0 Å². The second-order valence-corrected chi connectivity index (χ2v) is 11.9. The molecule has 3 N–H and O–H groups in total. The molecule has 27 heavy (non-hydrogen) atoms. The number of hydrogen-bond donors (Lipinski definition) is 2. The normalized spacial score (nSPS) is 32.7. The molecule has 0 aliphatic heterocycles. The summed E-state index contributed by atoms with van der Waals surface area (Å²) in [6.07, 6.45) is 8.97. The smallest absolute Gasteiger partial charge is 0.243 e. The SMILES string of the molecule is CS(=O)(=O)CCC(N)C(=O)Nc1nnc(C23CC4CC(CC(C4)C2)C3)s1.Cl. The highest BCUT2D eigenvalue weighted by Gasteiger charge is 2.53. The molecule has 1 atom stereocenters. The molecule has 1 aromatic heterocycles. The van der Waals surface area contributed by atoms with Crippen molar-refractivity contribution in [2.45, 2.75) is 56.4 Å². The maximum atomic E-state index is 12.2. The molecule has 0 saturated heterocycles. The number of aromatic nitrogens is 2. The first kappa shape index (κ1) is 21.0. The van der Waals surface area contributed by atoms with E-state index in [1.165, 1.54) is 49.9 Å². The van der Waals surface area contributed by atoms with Crippen molar-refractivity contribution >= 4 is 44.6 Å². The Morgan fingerprint density at radius 3 is 2.30 bits per heavy atom. The summed E-state index contributed by atoms with van der Waals surface area (Å²) in [4.78, 5) is 12.2. The van der Waals surface area contributed by atoms with Crippen LogP contribution in [0.5, 0.6) is 0 Å². The topological polar surface area (TPSA) is 115 Å². The fourth-order valence-corrected chi connectivity index (χ4v) is 7.18. The van der Waals surface area contributed by atoms with Crippen LogP contribution < -0.4 is 11.1 Å². The van der Waals surface area contributed by atoms with Crippen molar-refractivity contribution in [1.82, 2.24) is 10.2 Å². The van der Waals surface area contributed by atoms with Gasteiger partial charge in [-0.15, -0.1) is 22.6 Å². The van der Waals surface area contributed by atoms with Gasteiger partial charge in [-0.25, -0.2) is 8.42 Å². The summed E-state index contributed by atoms with van der Waals surface area (Å²) >= 11 is 1.46. The van der Waals surface area contributed by atoms with E-state index in [-0.39, 0.29) is 30.0 Å². The van der Waals surface area contributed by atoms with Crippen molar-refractivity contribution < 1.29 is 13.2 Å². The number of nitrogens with zero attached hydrogens (tertiary/aromatic N) is 2. The van der Waals surface area contributed by atoms with E-state index < -0.39 is 21.8 Å². The Kier molecular flexibility index (Phi) is 5.88.